The standard InChI is InChI=1S/C19H21NO6/c1-3-24-14-4-6-15(7-5-14)25-11-18(21)20-17-9-8-16(10-13(17)2)26-12-19(22)23/h4-10H,3,11-12H2,1-2H3,(H,20,21)(H,22,23). The largest absolute Gasteiger partial charge is 0.494 e. The van der Waals surface area contributed by atoms with Crippen molar-refractivity contribution in [1.29, 1.82) is 0 Å². The summed E-state index contributed by atoms with van der Waals surface area (Å²) in [6.45, 7) is 3.73. The van der Waals surface area contributed by atoms with Crippen LogP contribution in [0.1, 0.15) is 12.5 Å². The third-order valence-corrected chi connectivity index (χ3v) is 3.34. The molecule has 0 atom stereocenters. The molecule has 26 heavy (non-hydrogen) atoms. The van der Waals surface area contributed by atoms with Crippen molar-refractivity contribution in [2.24, 2.45) is 0 Å². The van der Waals surface area contributed by atoms with Crippen LogP contribution in [0.15, 0.2) is 42.5 Å². The lowest BCUT2D eigenvalue weighted by Gasteiger charge is -2.11. The number of rotatable bonds is 9. The SMILES string of the molecule is CCOc1ccc(OCC(=O)Nc2ccc(OCC(=O)O)cc2C)cc1. The molecule has 2 aromatic rings. The lowest BCUT2D eigenvalue weighted by atomic mass is 10.2. The van der Waals surface area contributed by atoms with Gasteiger partial charge in [-0.05, 0) is 61.9 Å². The van der Waals surface area contributed by atoms with Gasteiger partial charge in [0.2, 0.25) is 0 Å². The van der Waals surface area contributed by atoms with E-state index in [1.807, 2.05) is 6.92 Å². The average molecular weight is 359 g/mol. The molecule has 0 heterocycles. The van der Waals surface area contributed by atoms with Gasteiger partial charge in [0.1, 0.15) is 17.2 Å². The minimum atomic E-state index is -1.05. The summed E-state index contributed by atoms with van der Waals surface area (Å²) in [5.41, 5.74) is 1.36. The molecule has 2 rings (SSSR count). The summed E-state index contributed by atoms with van der Waals surface area (Å²) < 4.78 is 15.9. The highest BCUT2D eigenvalue weighted by Gasteiger charge is 2.08. The summed E-state index contributed by atoms with van der Waals surface area (Å²) in [6.07, 6.45) is 0. The molecule has 0 saturated carbocycles. The molecular weight excluding hydrogens is 338 g/mol. The van der Waals surface area contributed by atoms with Crippen LogP contribution in [-0.2, 0) is 9.59 Å². The van der Waals surface area contributed by atoms with Crippen molar-refractivity contribution in [3.05, 3.63) is 48.0 Å². The molecule has 0 unspecified atom stereocenters. The first kappa shape index (κ1) is 19.1. The average Bonchev–Trinajstić information content (AvgIpc) is 2.61. The quantitative estimate of drug-likeness (QED) is 0.715. The highest BCUT2D eigenvalue weighted by atomic mass is 16.5. The third-order valence-electron chi connectivity index (χ3n) is 3.34. The zero-order valence-corrected chi connectivity index (χ0v) is 14.7. The molecule has 1 amide bonds. The molecule has 0 aromatic heterocycles. The van der Waals surface area contributed by atoms with Gasteiger partial charge in [0.15, 0.2) is 13.2 Å². The summed E-state index contributed by atoms with van der Waals surface area (Å²) in [5, 5.41) is 11.4. The van der Waals surface area contributed by atoms with Crippen molar-refractivity contribution in [3.8, 4) is 17.2 Å². The molecule has 0 aliphatic rings. The molecular formula is C19H21NO6. The van der Waals surface area contributed by atoms with E-state index in [-0.39, 0.29) is 12.5 Å². The van der Waals surface area contributed by atoms with Gasteiger partial charge in [0, 0.05) is 5.69 Å². The minimum Gasteiger partial charge on any atom is -0.494 e. The Morgan fingerprint density at radius 3 is 2.08 bits per heavy atom. The third kappa shape index (κ3) is 6.01. The number of hydrogen-bond donors (Lipinski definition) is 2. The van der Waals surface area contributed by atoms with Crippen LogP contribution in [0.5, 0.6) is 17.2 Å². The van der Waals surface area contributed by atoms with E-state index in [0.29, 0.717) is 23.8 Å². The van der Waals surface area contributed by atoms with Crippen LogP contribution in [0.4, 0.5) is 5.69 Å². The van der Waals surface area contributed by atoms with Gasteiger partial charge in [-0.1, -0.05) is 0 Å². The summed E-state index contributed by atoms with van der Waals surface area (Å²) in [7, 11) is 0. The van der Waals surface area contributed by atoms with Gasteiger partial charge >= 0.3 is 5.97 Å². The molecule has 0 radical (unpaired) electrons. The van der Waals surface area contributed by atoms with Crippen molar-refractivity contribution >= 4 is 17.6 Å². The molecule has 2 N–H and O–H groups in total. The summed E-state index contributed by atoms with van der Waals surface area (Å²) in [5.74, 6) is 0.379. The van der Waals surface area contributed by atoms with E-state index in [0.717, 1.165) is 11.3 Å². The lowest BCUT2D eigenvalue weighted by Crippen LogP contribution is -2.20. The van der Waals surface area contributed by atoms with E-state index >= 15 is 0 Å². The maximum absolute atomic E-state index is 12.0. The molecule has 0 fully saturated rings. The van der Waals surface area contributed by atoms with E-state index in [2.05, 4.69) is 5.32 Å². The molecule has 0 saturated heterocycles. The van der Waals surface area contributed by atoms with Gasteiger partial charge < -0.3 is 24.6 Å². The summed E-state index contributed by atoms with van der Waals surface area (Å²) >= 11 is 0. The van der Waals surface area contributed by atoms with Crippen molar-refractivity contribution in [2.75, 3.05) is 25.1 Å². The van der Waals surface area contributed by atoms with E-state index in [9.17, 15) is 9.59 Å². The second kappa shape index (κ2) is 9.31. The fourth-order valence-electron chi connectivity index (χ4n) is 2.15. The van der Waals surface area contributed by atoms with E-state index in [4.69, 9.17) is 19.3 Å². The van der Waals surface area contributed by atoms with Crippen LogP contribution in [-0.4, -0.2) is 36.8 Å². The number of carboxylic acid groups (broad SMARTS) is 1. The maximum Gasteiger partial charge on any atom is 0.341 e. The van der Waals surface area contributed by atoms with E-state index in [1.54, 1.807) is 49.4 Å². The Bertz CT molecular complexity index is 757. The zero-order chi connectivity index (χ0) is 18.9. The monoisotopic (exact) mass is 359 g/mol. The predicted octanol–water partition coefficient (Wildman–Crippen LogP) is 2.87. The summed E-state index contributed by atoms with van der Waals surface area (Å²) in [6, 6.07) is 11.9. The Hall–Kier alpha value is -3.22. The second-order valence-electron chi connectivity index (χ2n) is 5.40. The number of carboxylic acids is 1. The van der Waals surface area contributed by atoms with Crippen LogP contribution >= 0.6 is 0 Å². The Kier molecular flexibility index (Phi) is 6.84. The first-order valence-corrected chi connectivity index (χ1v) is 8.08. The number of aryl methyl sites for hydroxylation is 1. The number of benzene rings is 2. The molecule has 7 heteroatoms. The lowest BCUT2D eigenvalue weighted by molar-refractivity contribution is -0.139. The molecule has 138 valence electrons. The number of carbonyl (C=O) groups is 2. The number of hydrogen-bond acceptors (Lipinski definition) is 5. The van der Waals surface area contributed by atoms with Crippen LogP contribution in [0.2, 0.25) is 0 Å². The molecule has 2 aromatic carbocycles. The fraction of sp³-hybridized carbons (Fsp3) is 0.263. The Morgan fingerprint density at radius 2 is 1.50 bits per heavy atom. The van der Waals surface area contributed by atoms with Crippen molar-refractivity contribution in [2.45, 2.75) is 13.8 Å². The van der Waals surface area contributed by atoms with Crippen LogP contribution in [0, 0.1) is 6.92 Å². The molecule has 0 spiro atoms. The summed E-state index contributed by atoms with van der Waals surface area (Å²) in [4.78, 5) is 22.5. The van der Waals surface area contributed by atoms with Gasteiger partial charge in [-0.3, -0.25) is 4.79 Å². The van der Waals surface area contributed by atoms with Crippen molar-refractivity contribution in [1.82, 2.24) is 0 Å². The predicted molar refractivity (Wildman–Crippen MR) is 96.0 cm³/mol. The maximum atomic E-state index is 12.0. The Morgan fingerprint density at radius 1 is 0.923 bits per heavy atom. The number of amides is 1. The number of aliphatic carboxylic acids is 1. The fourth-order valence-corrected chi connectivity index (χ4v) is 2.15. The first-order chi connectivity index (χ1) is 12.5. The Balaban J connectivity index is 1.86. The topological polar surface area (TPSA) is 94.1 Å². The molecule has 0 bridgehead atoms. The molecule has 7 nitrogen and oxygen atoms in total. The van der Waals surface area contributed by atoms with Crippen molar-refractivity contribution in [3.63, 3.8) is 0 Å². The van der Waals surface area contributed by atoms with Crippen molar-refractivity contribution < 1.29 is 28.9 Å². The van der Waals surface area contributed by atoms with E-state index < -0.39 is 12.6 Å². The van der Waals surface area contributed by atoms with Gasteiger partial charge in [-0.2, -0.15) is 0 Å². The number of anilines is 1. The normalized spacial score (nSPS) is 10.1. The Labute approximate surface area is 151 Å². The van der Waals surface area contributed by atoms with Gasteiger partial charge in [-0.25, -0.2) is 4.79 Å². The van der Waals surface area contributed by atoms with Crippen LogP contribution in [0.3, 0.4) is 0 Å². The number of carbonyl (C=O) groups excluding carboxylic acids is 1. The van der Waals surface area contributed by atoms with E-state index in [1.165, 1.54) is 0 Å². The zero-order valence-electron chi connectivity index (χ0n) is 14.7. The van der Waals surface area contributed by atoms with Gasteiger partial charge in [0.25, 0.3) is 5.91 Å². The highest BCUT2D eigenvalue weighted by molar-refractivity contribution is 5.92. The minimum absolute atomic E-state index is 0.134. The van der Waals surface area contributed by atoms with Crippen LogP contribution < -0.4 is 19.5 Å². The smallest absolute Gasteiger partial charge is 0.341 e. The first-order valence-electron chi connectivity index (χ1n) is 8.08. The molecule has 0 aliphatic heterocycles. The van der Waals surface area contributed by atoms with Crippen LogP contribution in [0.25, 0.3) is 0 Å². The van der Waals surface area contributed by atoms with Gasteiger partial charge in [-0.15, -0.1) is 0 Å². The highest BCUT2D eigenvalue weighted by Crippen LogP contribution is 2.22. The second-order valence-corrected chi connectivity index (χ2v) is 5.40. The molecule has 0 aliphatic carbocycles. The number of nitrogens with one attached hydrogen (secondary N) is 1. The van der Waals surface area contributed by atoms with Gasteiger partial charge in [0.05, 0.1) is 6.61 Å². The number of ether oxygens (including phenoxy) is 3.